The van der Waals surface area contributed by atoms with Crippen molar-refractivity contribution in [3.8, 4) is 0 Å². The zero-order valence-corrected chi connectivity index (χ0v) is 21.7. The van der Waals surface area contributed by atoms with Crippen LogP contribution >= 0.6 is 0 Å². The van der Waals surface area contributed by atoms with E-state index in [1.54, 1.807) is 36.4 Å². The quantitative estimate of drug-likeness (QED) is 0.433. The number of hydrogen-bond acceptors (Lipinski definition) is 6. The third-order valence-corrected chi connectivity index (χ3v) is 7.65. The summed E-state index contributed by atoms with van der Waals surface area (Å²) < 4.78 is 46.6. The molecular formula is C30H34F3N3O3. The number of rotatable bonds is 9. The number of aliphatic hydroxyl groups is 2. The van der Waals surface area contributed by atoms with Crippen molar-refractivity contribution in [3.05, 3.63) is 101 Å². The van der Waals surface area contributed by atoms with Crippen molar-refractivity contribution in [1.29, 1.82) is 0 Å². The molecule has 0 bridgehead atoms. The molecule has 2 aliphatic rings. The summed E-state index contributed by atoms with van der Waals surface area (Å²) in [5.74, 6) is -0.888. The molecule has 9 heteroatoms. The first kappa shape index (κ1) is 27.6. The van der Waals surface area contributed by atoms with Crippen LogP contribution in [0.25, 0.3) is 0 Å². The first-order valence-corrected chi connectivity index (χ1v) is 13.3. The van der Waals surface area contributed by atoms with Crippen molar-refractivity contribution in [2.45, 2.75) is 37.4 Å². The molecule has 39 heavy (non-hydrogen) atoms. The van der Waals surface area contributed by atoms with Gasteiger partial charge in [-0.25, -0.2) is 13.2 Å². The maximum absolute atomic E-state index is 13.5. The van der Waals surface area contributed by atoms with Crippen LogP contribution in [0.3, 0.4) is 0 Å². The fraction of sp³-hybridized carbons (Fsp3) is 0.400. The maximum Gasteiger partial charge on any atom is 0.123 e. The van der Waals surface area contributed by atoms with Gasteiger partial charge in [0.2, 0.25) is 0 Å². The summed E-state index contributed by atoms with van der Waals surface area (Å²) in [4.78, 5) is 6.53. The molecule has 6 nitrogen and oxygen atoms in total. The monoisotopic (exact) mass is 541 g/mol. The molecule has 4 atom stereocenters. The number of piperazine rings is 1. The summed E-state index contributed by atoms with van der Waals surface area (Å²) in [5.41, 5.74) is 2.79. The van der Waals surface area contributed by atoms with Crippen molar-refractivity contribution in [2.75, 3.05) is 44.2 Å². The summed E-state index contributed by atoms with van der Waals surface area (Å²) in [5, 5.41) is 21.1. The lowest BCUT2D eigenvalue weighted by atomic mass is 10.0. The summed E-state index contributed by atoms with van der Waals surface area (Å²) in [6, 6.07) is 18.8. The molecule has 0 aromatic heterocycles. The first-order chi connectivity index (χ1) is 18.9. The second kappa shape index (κ2) is 12.5. The summed E-state index contributed by atoms with van der Waals surface area (Å²) in [6.07, 6.45) is -1.96. The minimum absolute atomic E-state index is 0.271. The lowest BCUT2D eigenvalue weighted by Crippen LogP contribution is -2.57. The Morgan fingerprint density at radius 1 is 0.718 bits per heavy atom. The predicted octanol–water partition coefficient (Wildman–Crippen LogP) is 3.42. The summed E-state index contributed by atoms with van der Waals surface area (Å²) >= 11 is 0. The number of nitrogens with zero attached hydrogens (tertiary/aromatic N) is 3. The van der Waals surface area contributed by atoms with E-state index in [4.69, 9.17) is 4.74 Å². The Balaban J connectivity index is 1.31. The molecule has 2 fully saturated rings. The van der Waals surface area contributed by atoms with Gasteiger partial charge in [-0.05, 0) is 59.7 Å². The van der Waals surface area contributed by atoms with E-state index in [9.17, 15) is 23.4 Å². The van der Waals surface area contributed by atoms with Crippen molar-refractivity contribution < 1.29 is 28.1 Å². The molecule has 0 aliphatic carbocycles. The largest absolute Gasteiger partial charge is 0.394 e. The van der Waals surface area contributed by atoms with Crippen LogP contribution in [0.1, 0.15) is 11.1 Å². The summed E-state index contributed by atoms with van der Waals surface area (Å²) in [6.45, 7) is 3.93. The van der Waals surface area contributed by atoms with Gasteiger partial charge in [-0.1, -0.05) is 24.3 Å². The van der Waals surface area contributed by atoms with Gasteiger partial charge >= 0.3 is 0 Å². The smallest absolute Gasteiger partial charge is 0.123 e. The molecule has 0 spiro atoms. The topological polar surface area (TPSA) is 59.4 Å². The van der Waals surface area contributed by atoms with E-state index in [-0.39, 0.29) is 30.1 Å². The molecule has 0 amide bonds. The Bertz CT molecular complexity index is 1140. The fourth-order valence-electron chi connectivity index (χ4n) is 5.64. The third-order valence-electron chi connectivity index (χ3n) is 7.65. The average Bonchev–Trinajstić information content (AvgIpc) is 3.26. The number of halogens is 3. The van der Waals surface area contributed by atoms with Gasteiger partial charge in [0, 0.05) is 51.5 Å². The molecular weight excluding hydrogens is 507 g/mol. The normalized spacial score (nSPS) is 24.0. The van der Waals surface area contributed by atoms with E-state index in [1.165, 1.54) is 36.4 Å². The van der Waals surface area contributed by atoms with Crippen LogP contribution in [0.15, 0.2) is 72.8 Å². The van der Waals surface area contributed by atoms with Gasteiger partial charge in [-0.3, -0.25) is 9.80 Å². The molecule has 3 aromatic rings. The SMILES string of the molecule is OCC1OC(CN(Cc2ccc(F)cc2)Cc2ccc(F)cc2)C(N2CCN(c3ccc(F)cc3)CC2)C1O. The van der Waals surface area contributed by atoms with E-state index in [1.807, 2.05) is 0 Å². The molecule has 4 unspecified atom stereocenters. The molecule has 0 radical (unpaired) electrons. The number of benzene rings is 3. The minimum Gasteiger partial charge on any atom is -0.394 e. The average molecular weight is 542 g/mol. The predicted molar refractivity (Wildman–Crippen MR) is 143 cm³/mol. The van der Waals surface area contributed by atoms with Gasteiger partial charge in [0.25, 0.3) is 0 Å². The molecule has 0 saturated carbocycles. The van der Waals surface area contributed by atoms with E-state index < -0.39 is 18.3 Å². The number of anilines is 1. The Kier molecular flexibility index (Phi) is 8.84. The highest BCUT2D eigenvalue weighted by atomic mass is 19.1. The van der Waals surface area contributed by atoms with Gasteiger partial charge in [0.15, 0.2) is 0 Å². The third kappa shape index (κ3) is 6.80. The van der Waals surface area contributed by atoms with Gasteiger partial charge in [0.1, 0.15) is 29.7 Å². The van der Waals surface area contributed by atoms with Crippen LogP contribution in [-0.2, 0) is 17.8 Å². The summed E-state index contributed by atoms with van der Waals surface area (Å²) in [7, 11) is 0. The van der Waals surface area contributed by atoms with Crippen LogP contribution in [0, 0.1) is 17.5 Å². The van der Waals surface area contributed by atoms with Crippen LogP contribution in [0.5, 0.6) is 0 Å². The zero-order valence-electron chi connectivity index (χ0n) is 21.7. The highest BCUT2D eigenvalue weighted by Gasteiger charge is 2.47. The van der Waals surface area contributed by atoms with Gasteiger partial charge < -0.3 is 19.8 Å². The lowest BCUT2D eigenvalue weighted by molar-refractivity contribution is -0.0325. The molecule has 208 valence electrons. The maximum atomic E-state index is 13.5. The van der Waals surface area contributed by atoms with Crippen molar-refractivity contribution in [3.63, 3.8) is 0 Å². The number of ether oxygens (including phenoxy) is 1. The molecule has 2 heterocycles. The van der Waals surface area contributed by atoms with Crippen molar-refractivity contribution >= 4 is 5.69 Å². The highest BCUT2D eigenvalue weighted by Crippen LogP contribution is 2.29. The van der Waals surface area contributed by atoms with E-state index >= 15 is 0 Å². The van der Waals surface area contributed by atoms with E-state index in [2.05, 4.69) is 14.7 Å². The lowest BCUT2D eigenvalue weighted by Gasteiger charge is -2.42. The fourth-order valence-corrected chi connectivity index (χ4v) is 5.64. The zero-order chi connectivity index (χ0) is 27.4. The van der Waals surface area contributed by atoms with E-state index in [0.29, 0.717) is 45.8 Å². The number of aliphatic hydroxyl groups excluding tert-OH is 2. The Labute approximate surface area is 226 Å². The molecule has 5 rings (SSSR count). The van der Waals surface area contributed by atoms with Crippen molar-refractivity contribution in [2.24, 2.45) is 0 Å². The van der Waals surface area contributed by atoms with Crippen LogP contribution in [0.4, 0.5) is 18.9 Å². The van der Waals surface area contributed by atoms with Crippen LogP contribution in [-0.4, -0.2) is 83.7 Å². The first-order valence-electron chi connectivity index (χ1n) is 13.3. The van der Waals surface area contributed by atoms with Crippen molar-refractivity contribution in [1.82, 2.24) is 9.80 Å². The Hall–Kier alpha value is -2.95. The van der Waals surface area contributed by atoms with Crippen LogP contribution in [0.2, 0.25) is 0 Å². The molecule has 2 saturated heterocycles. The Morgan fingerprint density at radius 2 is 1.21 bits per heavy atom. The molecule has 3 aromatic carbocycles. The molecule has 2 N–H and O–H groups in total. The van der Waals surface area contributed by atoms with Gasteiger partial charge in [-0.15, -0.1) is 0 Å². The van der Waals surface area contributed by atoms with Crippen LogP contribution < -0.4 is 4.90 Å². The highest BCUT2D eigenvalue weighted by molar-refractivity contribution is 5.46. The Morgan fingerprint density at radius 3 is 1.69 bits per heavy atom. The standard InChI is InChI=1S/C30H34F3N3O3/c31-23-5-1-21(2-6-23)17-34(18-22-3-7-24(32)8-4-22)19-27-29(30(38)28(20-37)39-27)36-15-13-35(14-16-36)26-11-9-25(33)10-12-26/h1-12,27-30,37-38H,13-20H2. The van der Waals surface area contributed by atoms with E-state index in [0.717, 1.165) is 16.8 Å². The van der Waals surface area contributed by atoms with Gasteiger partial charge in [0.05, 0.1) is 18.8 Å². The number of hydrogen-bond donors (Lipinski definition) is 2. The second-order valence-corrected chi connectivity index (χ2v) is 10.3. The minimum atomic E-state index is -0.865. The second-order valence-electron chi connectivity index (χ2n) is 10.3. The van der Waals surface area contributed by atoms with Gasteiger partial charge in [-0.2, -0.15) is 0 Å². The molecule has 2 aliphatic heterocycles.